The van der Waals surface area contributed by atoms with Crippen molar-refractivity contribution in [2.75, 3.05) is 0 Å². The number of carbonyl (C=O) groups is 1. The lowest BCUT2D eigenvalue weighted by molar-refractivity contribution is -0.136. The van der Waals surface area contributed by atoms with Gasteiger partial charge in [-0.2, -0.15) is 0 Å². The summed E-state index contributed by atoms with van der Waals surface area (Å²) < 4.78 is 15.3. The van der Waals surface area contributed by atoms with Crippen LogP contribution in [0.1, 0.15) is 26.5 Å². The van der Waals surface area contributed by atoms with Crippen molar-refractivity contribution in [3.8, 4) is 0 Å². The molecule has 5 heteroatoms. The Kier molecular flexibility index (Phi) is 3.85. The number of pyridine rings is 1. The van der Waals surface area contributed by atoms with Crippen LogP contribution in [0, 0.1) is 11.2 Å². The Morgan fingerprint density at radius 2 is 1.95 bits per heavy atom. The van der Waals surface area contributed by atoms with Gasteiger partial charge in [-0.3, -0.25) is 9.59 Å². The standard InChI is InChI=1S/C16H18FNO3/c1-16(2,3)9-18-11(8-15(20)21)7-14(19)12-5-4-10(17)6-13(12)18/h4-7H,8-9H2,1-3H3,(H,20,21). The van der Waals surface area contributed by atoms with Crippen LogP contribution in [0.3, 0.4) is 0 Å². The third kappa shape index (κ3) is 3.48. The van der Waals surface area contributed by atoms with Crippen LogP contribution in [0.25, 0.3) is 10.9 Å². The molecule has 0 bridgehead atoms. The second kappa shape index (κ2) is 5.31. The number of carboxylic acids is 1. The number of rotatable bonds is 3. The minimum absolute atomic E-state index is 0.137. The summed E-state index contributed by atoms with van der Waals surface area (Å²) in [4.78, 5) is 23.1. The molecular formula is C16H18FNO3. The first-order valence-electron chi connectivity index (χ1n) is 6.71. The van der Waals surface area contributed by atoms with Gasteiger partial charge in [0, 0.05) is 23.7 Å². The topological polar surface area (TPSA) is 59.3 Å². The molecule has 0 fully saturated rings. The van der Waals surface area contributed by atoms with Crippen LogP contribution >= 0.6 is 0 Å². The largest absolute Gasteiger partial charge is 0.481 e. The Labute approximate surface area is 121 Å². The highest BCUT2D eigenvalue weighted by Gasteiger charge is 2.18. The summed E-state index contributed by atoms with van der Waals surface area (Å²) >= 11 is 0. The van der Waals surface area contributed by atoms with Crippen molar-refractivity contribution in [1.82, 2.24) is 4.57 Å². The molecular weight excluding hydrogens is 273 g/mol. The van der Waals surface area contributed by atoms with Crippen molar-refractivity contribution < 1.29 is 14.3 Å². The van der Waals surface area contributed by atoms with E-state index in [1.54, 1.807) is 4.57 Å². The van der Waals surface area contributed by atoms with Gasteiger partial charge in [0.15, 0.2) is 5.43 Å². The van der Waals surface area contributed by atoms with E-state index in [0.29, 0.717) is 23.1 Å². The van der Waals surface area contributed by atoms with E-state index < -0.39 is 11.8 Å². The van der Waals surface area contributed by atoms with Gasteiger partial charge >= 0.3 is 5.97 Å². The van der Waals surface area contributed by atoms with E-state index in [4.69, 9.17) is 5.11 Å². The van der Waals surface area contributed by atoms with Crippen LogP contribution in [0.2, 0.25) is 0 Å². The summed E-state index contributed by atoms with van der Waals surface area (Å²) in [6, 6.07) is 5.30. The summed E-state index contributed by atoms with van der Waals surface area (Å²) in [6.07, 6.45) is -0.266. The molecule has 1 aromatic heterocycles. The average molecular weight is 291 g/mol. The van der Waals surface area contributed by atoms with Gasteiger partial charge in [-0.1, -0.05) is 20.8 Å². The Hall–Kier alpha value is -2.17. The summed E-state index contributed by atoms with van der Waals surface area (Å²) in [5.74, 6) is -1.47. The van der Waals surface area contributed by atoms with Crippen LogP contribution in [0.4, 0.5) is 4.39 Å². The number of aromatic nitrogens is 1. The zero-order valence-corrected chi connectivity index (χ0v) is 12.3. The van der Waals surface area contributed by atoms with Crippen LogP contribution in [-0.4, -0.2) is 15.6 Å². The molecule has 4 nitrogen and oxygen atoms in total. The number of halogens is 1. The highest BCUT2D eigenvalue weighted by atomic mass is 19.1. The number of hydrogen-bond acceptors (Lipinski definition) is 2. The fourth-order valence-electron chi connectivity index (χ4n) is 2.36. The van der Waals surface area contributed by atoms with Gasteiger partial charge in [0.25, 0.3) is 0 Å². The molecule has 0 aliphatic rings. The van der Waals surface area contributed by atoms with Crippen LogP contribution in [0.15, 0.2) is 29.1 Å². The maximum atomic E-state index is 13.5. The lowest BCUT2D eigenvalue weighted by Gasteiger charge is -2.24. The Morgan fingerprint density at radius 1 is 1.29 bits per heavy atom. The molecule has 2 aromatic rings. The summed E-state index contributed by atoms with van der Waals surface area (Å²) in [6.45, 7) is 6.50. The van der Waals surface area contributed by atoms with Crippen molar-refractivity contribution in [3.05, 3.63) is 46.0 Å². The molecule has 1 heterocycles. The first-order valence-corrected chi connectivity index (χ1v) is 6.71. The molecule has 0 saturated heterocycles. The van der Waals surface area contributed by atoms with Crippen LogP contribution in [0.5, 0.6) is 0 Å². The summed E-state index contributed by atoms with van der Waals surface area (Å²) in [5.41, 5.74) is 0.405. The monoisotopic (exact) mass is 291 g/mol. The van der Waals surface area contributed by atoms with Crippen molar-refractivity contribution in [2.24, 2.45) is 5.41 Å². The van der Waals surface area contributed by atoms with E-state index in [-0.39, 0.29) is 17.3 Å². The zero-order valence-electron chi connectivity index (χ0n) is 12.3. The average Bonchev–Trinajstić information content (AvgIpc) is 2.32. The number of nitrogens with zero attached hydrogens (tertiary/aromatic N) is 1. The maximum Gasteiger partial charge on any atom is 0.309 e. The number of hydrogen-bond donors (Lipinski definition) is 1. The molecule has 0 saturated carbocycles. The van der Waals surface area contributed by atoms with Crippen LogP contribution in [-0.2, 0) is 17.8 Å². The van der Waals surface area contributed by atoms with Crippen molar-refractivity contribution in [2.45, 2.75) is 33.7 Å². The lowest BCUT2D eigenvalue weighted by Crippen LogP contribution is -2.23. The van der Waals surface area contributed by atoms with E-state index >= 15 is 0 Å². The van der Waals surface area contributed by atoms with Gasteiger partial charge in [0.2, 0.25) is 0 Å². The predicted molar refractivity (Wildman–Crippen MR) is 79.0 cm³/mol. The summed E-state index contributed by atoms with van der Waals surface area (Å²) in [5, 5.41) is 9.42. The van der Waals surface area contributed by atoms with Gasteiger partial charge in [0.05, 0.1) is 11.9 Å². The lowest BCUT2D eigenvalue weighted by atomic mass is 9.96. The highest BCUT2D eigenvalue weighted by molar-refractivity contribution is 5.80. The highest BCUT2D eigenvalue weighted by Crippen LogP contribution is 2.22. The first kappa shape index (κ1) is 15.2. The number of fused-ring (bicyclic) bond motifs is 1. The minimum atomic E-state index is -1.02. The second-order valence-electron chi connectivity index (χ2n) is 6.38. The van der Waals surface area contributed by atoms with Crippen molar-refractivity contribution in [1.29, 1.82) is 0 Å². The minimum Gasteiger partial charge on any atom is -0.481 e. The van der Waals surface area contributed by atoms with Gasteiger partial charge in [-0.05, 0) is 23.6 Å². The molecule has 21 heavy (non-hydrogen) atoms. The normalized spacial score (nSPS) is 11.8. The van der Waals surface area contributed by atoms with Crippen molar-refractivity contribution >= 4 is 16.9 Å². The van der Waals surface area contributed by atoms with Gasteiger partial charge < -0.3 is 9.67 Å². The van der Waals surface area contributed by atoms with Gasteiger partial charge in [-0.15, -0.1) is 0 Å². The Balaban J connectivity index is 2.79. The molecule has 0 amide bonds. The molecule has 1 N–H and O–H groups in total. The molecule has 112 valence electrons. The fraction of sp³-hybridized carbons (Fsp3) is 0.375. The molecule has 2 rings (SSSR count). The third-order valence-corrected chi connectivity index (χ3v) is 3.13. The van der Waals surface area contributed by atoms with E-state index in [1.165, 1.54) is 24.3 Å². The van der Waals surface area contributed by atoms with E-state index in [0.717, 1.165) is 0 Å². The molecule has 0 aliphatic heterocycles. The Morgan fingerprint density at radius 3 is 2.52 bits per heavy atom. The predicted octanol–water partition coefficient (Wildman–Crippen LogP) is 2.81. The number of benzene rings is 1. The van der Waals surface area contributed by atoms with Gasteiger partial charge in [0.1, 0.15) is 5.82 Å². The number of carboxylic acid groups (broad SMARTS) is 1. The third-order valence-electron chi connectivity index (χ3n) is 3.13. The zero-order chi connectivity index (χ0) is 15.8. The maximum absolute atomic E-state index is 13.5. The summed E-state index contributed by atoms with van der Waals surface area (Å²) in [7, 11) is 0. The Bertz CT molecular complexity index is 756. The molecule has 0 aliphatic carbocycles. The molecule has 0 spiro atoms. The van der Waals surface area contributed by atoms with E-state index in [1.807, 2.05) is 20.8 Å². The van der Waals surface area contributed by atoms with E-state index in [9.17, 15) is 14.0 Å². The molecule has 0 atom stereocenters. The molecule has 1 aromatic carbocycles. The van der Waals surface area contributed by atoms with E-state index in [2.05, 4.69) is 0 Å². The smallest absolute Gasteiger partial charge is 0.309 e. The van der Waals surface area contributed by atoms with Gasteiger partial charge in [-0.25, -0.2) is 4.39 Å². The SMILES string of the molecule is CC(C)(C)Cn1c(CC(=O)O)cc(=O)c2ccc(F)cc21. The molecule has 0 unspecified atom stereocenters. The molecule has 0 radical (unpaired) electrons. The first-order chi connectivity index (χ1) is 9.67. The quantitative estimate of drug-likeness (QED) is 0.946. The fourth-order valence-corrected chi connectivity index (χ4v) is 2.36. The number of aliphatic carboxylic acids is 1. The second-order valence-corrected chi connectivity index (χ2v) is 6.38. The van der Waals surface area contributed by atoms with Crippen LogP contribution < -0.4 is 5.43 Å². The van der Waals surface area contributed by atoms with Crippen molar-refractivity contribution in [3.63, 3.8) is 0 Å².